The van der Waals surface area contributed by atoms with Crippen molar-refractivity contribution in [2.75, 3.05) is 0 Å². The van der Waals surface area contributed by atoms with Gasteiger partial charge in [0.1, 0.15) is 17.6 Å². The lowest BCUT2D eigenvalue weighted by atomic mass is 10.0. The van der Waals surface area contributed by atoms with E-state index < -0.39 is 12.1 Å². The number of benzene rings is 1. The number of carbonyl (C=O) groups is 1. The Bertz CT molecular complexity index is 886. The Kier molecular flexibility index (Phi) is 4.64. The summed E-state index contributed by atoms with van der Waals surface area (Å²) in [4.78, 5) is 16.8. The lowest BCUT2D eigenvalue weighted by Gasteiger charge is -2.13. The molecule has 140 valence electrons. The van der Waals surface area contributed by atoms with E-state index in [0.717, 1.165) is 0 Å². The summed E-state index contributed by atoms with van der Waals surface area (Å²) in [6.45, 7) is 8.04. The Balaban J connectivity index is 1.74. The third-order valence-corrected chi connectivity index (χ3v) is 5.66. The molecule has 1 aromatic carbocycles. The van der Waals surface area contributed by atoms with Gasteiger partial charge in [-0.05, 0) is 41.2 Å². The largest absolute Gasteiger partial charge is 0.440 e. The first-order valence-electron chi connectivity index (χ1n) is 8.67. The fraction of sp³-hybridized carbons (Fsp3) is 0.381. The Morgan fingerprint density at radius 2 is 1.78 bits per heavy atom. The van der Waals surface area contributed by atoms with E-state index >= 15 is 0 Å². The second kappa shape index (κ2) is 6.66. The van der Waals surface area contributed by atoms with Crippen molar-refractivity contribution in [3.8, 4) is 17.7 Å². The van der Waals surface area contributed by atoms with Crippen molar-refractivity contribution in [3.05, 3.63) is 54.0 Å². The number of aromatic nitrogens is 1. The third kappa shape index (κ3) is 3.50. The first-order chi connectivity index (χ1) is 12.7. The Morgan fingerprint density at radius 1 is 1.15 bits per heavy atom. The van der Waals surface area contributed by atoms with E-state index in [9.17, 15) is 14.4 Å². The molecule has 6 heteroatoms. The molecule has 0 bridgehead atoms. The van der Waals surface area contributed by atoms with Gasteiger partial charge < -0.3 is 9.47 Å². The molecule has 0 aliphatic heterocycles. The highest BCUT2D eigenvalue weighted by atomic mass is 19.1. The highest BCUT2D eigenvalue weighted by Crippen LogP contribution is 2.68. The normalized spacial score (nSPS) is 18.2. The number of pyridine rings is 1. The fourth-order valence-corrected chi connectivity index (χ4v) is 3.38. The van der Waals surface area contributed by atoms with Crippen LogP contribution in [-0.4, -0.2) is 11.0 Å². The summed E-state index contributed by atoms with van der Waals surface area (Å²) >= 11 is 0. The second-order valence-electron chi connectivity index (χ2n) is 7.78. The number of halogens is 1. The van der Waals surface area contributed by atoms with Crippen LogP contribution in [0.3, 0.4) is 0 Å². The molecule has 2 aromatic rings. The van der Waals surface area contributed by atoms with Crippen molar-refractivity contribution >= 4 is 5.97 Å². The molecule has 1 fully saturated rings. The number of nitrogens with zero attached hydrogens (tertiary/aromatic N) is 2. The molecule has 1 saturated carbocycles. The summed E-state index contributed by atoms with van der Waals surface area (Å²) < 4.78 is 24.0. The van der Waals surface area contributed by atoms with Crippen LogP contribution in [0.5, 0.6) is 11.6 Å². The number of rotatable bonds is 5. The van der Waals surface area contributed by atoms with Gasteiger partial charge in [0.25, 0.3) is 0 Å². The zero-order chi connectivity index (χ0) is 19.8. The van der Waals surface area contributed by atoms with Gasteiger partial charge in [0.2, 0.25) is 12.0 Å². The lowest BCUT2D eigenvalue weighted by Crippen LogP contribution is -2.16. The van der Waals surface area contributed by atoms with Gasteiger partial charge in [0.05, 0.1) is 11.6 Å². The van der Waals surface area contributed by atoms with E-state index in [0.29, 0.717) is 5.75 Å². The van der Waals surface area contributed by atoms with Gasteiger partial charge >= 0.3 is 5.97 Å². The molecule has 1 aromatic heterocycles. The molecule has 1 unspecified atom stereocenters. The Labute approximate surface area is 157 Å². The van der Waals surface area contributed by atoms with Crippen LogP contribution < -0.4 is 4.74 Å². The summed E-state index contributed by atoms with van der Waals surface area (Å²) in [5, 5.41) is 9.45. The maximum atomic E-state index is 13.0. The third-order valence-electron chi connectivity index (χ3n) is 5.66. The van der Waals surface area contributed by atoms with Crippen molar-refractivity contribution in [2.45, 2.75) is 33.8 Å². The van der Waals surface area contributed by atoms with Crippen LogP contribution in [0.1, 0.15) is 39.5 Å². The molecule has 1 aliphatic rings. The van der Waals surface area contributed by atoms with Crippen LogP contribution in [0.15, 0.2) is 42.5 Å². The monoisotopic (exact) mass is 368 g/mol. The molecule has 1 atom stereocenters. The summed E-state index contributed by atoms with van der Waals surface area (Å²) in [5.41, 5.74) is -0.0717. The minimum atomic E-state index is -1.12. The van der Waals surface area contributed by atoms with E-state index in [-0.39, 0.29) is 34.1 Å². The smallest absolute Gasteiger partial charge is 0.311 e. The molecule has 5 nitrogen and oxygen atoms in total. The Hall–Kier alpha value is -2.94. The van der Waals surface area contributed by atoms with Gasteiger partial charge in [0, 0.05) is 6.07 Å². The number of hydrogen-bond acceptors (Lipinski definition) is 5. The van der Waals surface area contributed by atoms with Crippen molar-refractivity contribution in [1.29, 1.82) is 5.26 Å². The molecule has 0 saturated heterocycles. The minimum absolute atomic E-state index is 0.176. The minimum Gasteiger partial charge on any atom is -0.440 e. The second-order valence-corrected chi connectivity index (χ2v) is 7.78. The number of carbonyl (C=O) groups excluding carboxylic acids is 1. The molecular formula is C21H21FN2O3. The molecule has 27 heavy (non-hydrogen) atoms. The van der Waals surface area contributed by atoms with Crippen LogP contribution in [0.2, 0.25) is 0 Å². The highest BCUT2D eigenvalue weighted by Gasteiger charge is 2.69. The average molecular weight is 368 g/mol. The first-order valence-corrected chi connectivity index (χ1v) is 8.67. The molecule has 0 amide bonds. The van der Waals surface area contributed by atoms with Crippen molar-refractivity contribution in [2.24, 2.45) is 16.7 Å². The molecule has 1 heterocycles. The zero-order valence-electron chi connectivity index (χ0n) is 15.7. The van der Waals surface area contributed by atoms with Crippen LogP contribution in [0.4, 0.5) is 4.39 Å². The molecule has 1 aliphatic carbocycles. The van der Waals surface area contributed by atoms with E-state index in [1.165, 1.54) is 24.3 Å². The summed E-state index contributed by atoms with van der Waals surface area (Å²) in [6, 6.07) is 12.3. The maximum Gasteiger partial charge on any atom is 0.311 e. The van der Waals surface area contributed by atoms with Crippen molar-refractivity contribution in [3.63, 3.8) is 0 Å². The van der Waals surface area contributed by atoms with Crippen LogP contribution >= 0.6 is 0 Å². The zero-order valence-corrected chi connectivity index (χ0v) is 15.7. The van der Waals surface area contributed by atoms with Crippen LogP contribution in [0, 0.1) is 33.9 Å². The molecule has 3 rings (SSSR count). The van der Waals surface area contributed by atoms with Crippen LogP contribution in [-0.2, 0) is 9.53 Å². The van der Waals surface area contributed by atoms with Gasteiger partial charge in [-0.3, -0.25) is 4.79 Å². The van der Waals surface area contributed by atoms with E-state index in [2.05, 4.69) is 4.98 Å². The average Bonchev–Trinajstić information content (AvgIpc) is 3.04. The fourth-order valence-electron chi connectivity index (χ4n) is 3.38. The van der Waals surface area contributed by atoms with Gasteiger partial charge in [-0.2, -0.15) is 5.26 Å². The summed E-state index contributed by atoms with van der Waals surface area (Å²) in [6.07, 6.45) is -1.12. The molecular weight excluding hydrogens is 347 g/mol. The van der Waals surface area contributed by atoms with E-state index in [1.54, 1.807) is 18.2 Å². The Morgan fingerprint density at radius 3 is 2.33 bits per heavy atom. The number of hydrogen-bond donors (Lipinski definition) is 0. The topological polar surface area (TPSA) is 72.2 Å². The SMILES string of the molecule is CC1(C)C(C(=O)OC(C#N)c2cccc(Oc3ccc(F)cc3)n2)C1(C)C. The van der Waals surface area contributed by atoms with Gasteiger partial charge in [-0.1, -0.05) is 33.8 Å². The van der Waals surface area contributed by atoms with Gasteiger partial charge in [0.15, 0.2) is 0 Å². The highest BCUT2D eigenvalue weighted by molar-refractivity contribution is 5.79. The molecule has 0 spiro atoms. The van der Waals surface area contributed by atoms with Crippen LogP contribution in [0.25, 0.3) is 0 Å². The number of ether oxygens (including phenoxy) is 2. The standard InChI is InChI=1S/C21H21FN2O3/c1-20(2)18(21(20,3)4)19(25)27-16(12-23)15-6-5-7-17(24-15)26-14-10-8-13(22)9-11-14/h5-11,16,18H,1-4H3. The number of nitriles is 1. The predicted octanol–water partition coefficient (Wildman–Crippen LogP) is 4.80. The lowest BCUT2D eigenvalue weighted by molar-refractivity contribution is -0.150. The summed E-state index contributed by atoms with van der Waals surface area (Å²) in [7, 11) is 0. The van der Waals surface area contributed by atoms with Gasteiger partial charge in [-0.25, -0.2) is 9.37 Å². The predicted molar refractivity (Wildman–Crippen MR) is 96.2 cm³/mol. The molecule has 0 radical (unpaired) electrons. The van der Waals surface area contributed by atoms with Gasteiger partial charge in [-0.15, -0.1) is 0 Å². The van der Waals surface area contributed by atoms with E-state index in [4.69, 9.17) is 9.47 Å². The maximum absolute atomic E-state index is 13.0. The quantitative estimate of drug-likeness (QED) is 0.709. The van der Waals surface area contributed by atoms with Crippen molar-refractivity contribution < 1.29 is 18.7 Å². The number of esters is 1. The molecule has 0 N–H and O–H groups in total. The summed E-state index contributed by atoms with van der Waals surface area (Å²) in [5.74, 6) is -0.398. The first kappa shape index (κ1) is 18.8. The van der Waals surface area contributed by atoms with Crippen molar-refractivity contribution in [1.82, 2.24) is 4.98 Å². The van der Waals surface area contributed by atoms with E-state index in [1.807, 2.05) is 33.8 Å².